The predicted octanol–water partition coefficient (Wildman–Crippen LogP) is 8.03. The standard InChI is InChI=1S/C23H44/c1-6-22(16-12-7-9-13-19(2)3)20(4)14-10-8-11-15-21(5)23-17-18-23/h12,16,19-23H,6-11,13-15,17-18H2,1-5H3. The Kier molecular flexibility index (Phi) is 11.0. The fourth-order valence-corrected chi connectivity index (χ4v) is 3.87. The molecule has 0 saturated heterocycles. The zero-order chi connectivity index (χ0) is 17.1. The highest BCUT2D eigenvalue weighted by atomic mass is 14.3. The molecule has 0 amide bonds. The van der Waals surface area contributed by atoms with E-state index in [0.29, 0.717) is 0 Å². The minimum Gasteiger partial charge on any atom is -0.0882 e. The lowest BCUT2D eigenvalue weighted by Gasteiger charge is -2.19. The van der Waals surface area contributed by atoms with Crippen molar-refractivity contribution < 1.29 is 0 Å². The van der Waals surface area contributed by atoms with E-state index in [1.807, 2.05) is 0 Å². The Bertz CT molecular complexity index is 297. The van der Waals surface area contributed by atoms with E-state index in [0.717, 1.165) is 29.6 Å². The third kappa shape index (κ3) is 10.3. The van der Waals surface area contributed by atoms with Crippen LogP contribution in [0.3, 0.4) is 0 Å². The van der Waals surface area contributed by atoms with Gasteiger partial charge >= 0.3 is 0 Å². The van der Waals surface area contributed by atoms with Gasteiger partial charge in [-0.15, -0.1) is 0 Å². The summed E-state index contributed by atoms with van der Waals surface area (Å²) in [5.41, 5.74) is 0. The molecule has 0 radical (unpaired) electrons. The summed E-state index contributed by atoms with van der Waals surface area (Å²) in [6.07, 6.45) is 20.6. The van der Waals surface area contributed by atoms with Crippen molar-refractivity contribution in [3.05, 3.63) is 12.2 Å². The summed E-state index contributed by atoms with van der Waals surface area (Å²) < 4.78 is 0. The highest BCUT2D eigenvalue weighted by Gasteiger charge is 2.27. The lowest BCUT2D eigenvalue weighted by Crippen LogP contribution is -2.08. The molecule has 0 heteroatoms. The maximum atomic E-state index is 2.53. The van der Waals surface area contributed by atoms with Crippen LogP contribution in [0.2, 0.25) is 0 Å². The van der Waals surface area contributed by atoms with Crippen LogP contribution in [0.1, 0.15) is 105 Å². The van der Waals surface area contributed by atoms with Crippen LogP contribution in [0.25, 0.3) is 0 Å². The average molecular weight is 321 g/mol. The van der Waals surface area contributed by atoms with E-state index in [9.17, 15) is 0 Å². The molecule has 0 aliphatic heterocycles. The first-order chi connectivity index (χ1) is 11.0. The molecule has 3 unspecified atom stereocenters. The highest BCUT2D eigenvalue weighted by Crippen LogP contribution is 2.39. The molecule has 1 saturated carbocycles. The van der Waals surface area contributed by atoms with E-state index in [1.54, 1.807) is 0 Å². The number of rotatable bonds is 14. The molecule has 0 nitrogen and oxygen atoms in total. The van der Waals surface area contributed by atoms with E-state index >= 15 is 0 Å². The van der Waals surface area contributed by atoms with Crippen LogP contribution in [-0.4, -0.2) is 0 Å². The molecule has 23 heavy (non-hydrogen) atoms. The van der Waals surface area contributed by atoms with Crippen LogP contribution in [0.5, 0.6) is 0 Å². The SMILES string of the molecule is CCC(C=CCCCC(C)C)C(C)CCCCCC(C)C1CC1. The zero-order valence-electron chi connectivity index (χ0n) is 16.8. The molecule has 0 N–H and O–H groups in total. The monoisotopic (exact) mass is 320 g/mol. The maximum Gasteiger partial charge on any atom is -0.0210 e. The Balaban J connectivity index is 2.07. The fraction of sp³-hybridized carbons (Fsp3) is 0.913. The van der Waals surface area contributed by atoms with Crippen LogP contribution < -0.4 is 0 Å². The molecular weight excluding hydrogens is 276 g/mol. The van der Waals surface area contributed by atoms with Crippen LogP contribution >= 0.6 is 0 Å². The third-order valence-corrected chi connectivity index (χ3v) is 5.98. The molecule has 0 aromatic heterocycles. The topological polar surface area (TPSA) is 0 Å². The summed E-state index contributed by atoms with van der Waals surface area (Å²) in [7, 11) is 0. The molecule has 0 aromatic carbocycles. The molecule has 0 spiro atoms. The quantitative estimate of drug-likeness (QED) is 0.224. The molecule has 1 fully saturated rings. The zero-order valence-corrected chi connectivity index (χ0v) is 16.8. The second-order valence-corrected chi connectivity index (χ2v) is 8.76. The van der Waals surface area contributed by atoms with Crippen molar-refractivity contribution >= 4 is 0 Å². The minimum atomic E-state index is 0.805. The van der Waals surface area contributed by atoms with Gasteiger partial charge in [0, 0.05) is 0 Å². The van der Waals surface area contributed by atoms with Crippen molar-refractivity contribution in [3.63, 3.8) is 0 Å². The van der Waals surface area contributed by atoms with Gasteiger partial charge in [-0.05, 0) is 61.7 Å². The summed E-state index contributed by atoms with van der Waals surface area (Å²) in [5.74, 6) is 4.62. The Labute approximate surface area is 147 Å². The average Bonchev–Trinajstić information content (AvgIpc) is 3.34. The van der Waals surface area contributed by atoms with Crippen LogP contribution in [0, 0.1) is 29.6 Å². The van der Waals surface area contributed by atoms with Gasteiger partial charge in [-0.2, -0.15) is 0 Å². The first-order valence-corrected chi connectivity index (χ1v) is 10.7. The first kappa shape index (κ1) is 20.8. The Morgan fingerprint density at radius 3 is 2.17 bits per heavy atom. The van der Waals surface area contributed by atoms with Gasteiger partial charge in [0.05, 0.1) is 0 Å². The Hall–Kier alpha value is -0.260. The number of hydrogen-bond donors (Lipinski definition) is 0. The summed E-state index contributed by atoms with van der Waals surface area (Å²) in [6, 6.07) is 0. The van der Waals surface area contributed by atoms with Crippen molar-refractivity contribution in [3.8, 4) is 0 Å². The molecule has 3 atom stereocenters. The number of hydrogen-bond acceptors (Lipinski definition) is 0. The largest absolute Gasteiger partial charge is 0.0882 e. The van der Waals surface area contributed by atoms with E-state index in [-0.39, 0.29) is 0 Å². The molecule has 1 aliphatic carbocycles. The summed E-state index contributed by atoms with van der Waals surface area (Å²) in [5, 5.41) is 0. The fourth-order valence-electron chi connectivity index (χ4n) is 3.87. The van der Waals surface area contributed by atoms with Gasteiger partial charge in [0.25, 0.3) is 0 Å². The summed E-state index contributed by atoms with van der Waals surface area (Å²) in [6.45, 7) is 12.0. The molecule has 1 aliphatic rings. The summed E-state index contributed by atoms with van der Waals surface area (Å²) >= 11 is 0. The number of unbranched alkanes of at least 4 members (excludes halogenated alkanes) is 3. The third-order valence-electron chi connectivity index (χ3n) is 5.98. The molecule has 0 heterocycles. The van der Waals surface area contributed by atoms with Crippen LogP contribution in [0.15, 0.2) is 12.2 Å². The van der Waals surface area contributed by atoms with Gasteiger partial charge in [0.1, 0.15) is 0 Å². The lowest BCUT2D eigenvalue weighted by molar-refractivity contribution is 0.366. The van der Waals surface area contributed by atoms with Crippen molar-refractivity contribution in [2.75, 3.05) is 0 Å². The van der Waals surface area contributed by atoms with Gasteiger partial charge in [-0.1, -0.05) is 85.3 Å². The highest BCUT2D eigenvalue weighted by molar-refractivity contribution is 4.90. The van der Waals surface area contributed by atoms with E-state index in [1.165, 1.54) is 70.6 Å². The van der Waals surface area contributed by atoms with Crippen LogP contribution in [-0.2, 0) is 0 Å². The van der Waals surface area contributed by atoms with Gasteiger partial charge < -0.3 is 0 Å². The molecule has 0 aromatic rings. The second-order valence-electron chi connectivity index (χ2n) is 8.76. The van der Waals surface area contributed by atoms with Crippen molar-refractivity contribution in [2.24, 2.45) is 29.6 Å². The Morgan fingerprint density at radius 2 is 1.57 bits per heavy atom. The van der Waals surface area contributed by atoms with Crippen molar-refractivity contribution in [1.29, 1.82) is 0 Å². The van der Waals surface area contributed by atoms with Gasteiger partial charge in [-0.25, -0.2) is 0 Å². The van der Waals surface area contributed by atoms with E-state index in [4.69, 9.17) is 0 Å². The van der Waals surface area contributed by atoms with E-state index < -0.39 is 0 Å². The first-order valence-electron chi connectivity index (χ1n) is 10.7. The normalized spacial score (nSPS) is 19.4. The van der Waals surface area contributed by atoms with Gasteiger partial charge in [-0.3, -0.25) is 0 Å². The number of allylic oxidation sites excluding steroid dienone is 2. The summed E-state index contributed by atoms with van der Waals surface area (Å²) in [4.78, 5) is 0. The smallest absolute Gasteiger partial charge is 0.0210 e. The maximum absolute atomic E-state index is 2.53. The second kappa shape index (κ2) is 12.2. The van der Waals surface area contributed by atoms with Crippen molar-refractivity contribution in [2.45, 2.75) is 105 Å². The Morgan fingerprint density at radius 1 is 0.870 bits per heavy atom. The molecule has 1 rings (SSSR count). The van der Waals surface area contributed by atoms with Crippen LogP contribution in [0.4, 0.5) is 0 Å². The molecular formula is C23H44. The lowest BCUT2D eigenvalue weighted by atomic mass is 9.86. The van der Waals surface area contributed by atoms with E-state index in [2.05, 4.69) is 46.8 Å². The van der Waals surface area contributed by atoms with Gasteiger partial charge in [0.15, 0.2) is 0 Å². The predicted molar refractivity (Wildman–Crippen MR) is 106 cm³/mol. The molecule has 0 bridgehead atoms. The minimum absolute atomic E-state index is 0.805. The van der Waals surface area contributed by atoms with Gasteiger partial charge in [0.2, 0.25) is 0 Å². The van der Waals surface area contributed by atoms with Crippen molar-refractivity contribution in [1.82, 2.24) is 0 Å². The molecule has 136 valence electrons.